The molecular formula is C38H66O12. The van der Waals surface area contributed by atoms with Crippen molar-refractivity contribution in [2.24, 2.45) is 52.3 Å². The predicted molar refractivity (Wildman–Crippen MR) is 181 cm³/mol. The van der Waals surface area contributed by atoms with Gasteiger partial charge < -0.3 is 59.4 Å². The summed E-state index contributed by atoms with van der Waals surface area (Å²) in [4.78, 5) is 0. The molecule has 0 aromatic carbocycles. The van der Waals surface area contributed by atoms with Crippen molar-refractivity contribution in [3.63, 3.8) is 0 Å². The number of ether oxygens (including phenoxy) is 5. The molecular weight excluding hydrogens is 648 g/mol. The lowest BCUT2D eigenvalue weighted by Crippen LogP contribution is -2.60. The van der Waals surface area contributed by atoms with E-state index in [1.165, 1.54) is 7.11 Å². The van der Waals surface area contributed by atoms with Gasteiger partial charge in [0.25, 0.3) is 0 Å². The van der Waals surface area contributed by atoms with Gasteiger partial charge >= 0.3 is 0 Å². The lowest BCUT2D eigenvalue weighted by atomic mass is 9.43. The average Bonchev–Trinajstić information content (AvgIpc) is 3.51. The molecule has 2 aliphatic heterocycles. The number of aliphatic hydroxyl groups excluding tert-OH is 7. The summed E-state index contributed by atoms with van der Waals surface area (Å²) in [7, 11) is 1.48. The Morgan fingerprint density at radius 2 is 1.50 bits per heavy atom. The number of hydrogen-bond donors (Lipinski definition) is 7. The molecule has 2 saturated heterocycles. The van der Waals surface area contributed by atoms with Crippen LogP contribution in [0.3, 0.4) is 0 Å². The molecule has 6 rings (SSSR count). The Kier molecular flexibility index (Phi) is 12.0. The minimum atomic E-state index is -1.21. The molecule has 4 saturated carbocycles. The standard InChI is InChI=1S/C38H66O12/c1-18(2)28(49-35-33(45)32(44)29(16-39)50-35)8-7-19(3)23-15-26(41)30-21-14-25(40)24-13-20(48-36-34(46-6)31(43)27(42)17-47-36)9-11-37(24,4)22(21)10-12-38(23,30)5/h18-36,39-45H,7-17H2,1-6H3. The highest BCUT2D eigenvalue weighted by Gasteiger charge is 2.65. The fourth-order valence-corrected chi connectivity index (χ4v) is 12.0. The number of hydrogen-bond acceptors (Lipinski definition) is 12. The molecule has 2 heterocycles. The molecule has 0 bridgehead atoms. The molecule has 0 aromatic heterocycles. The number of rotatable bonds is 11. The zero-order valence-electron chi connectivity index (χ0n) is 30.9. The van der Waals surface area contributed by atoms with E-state index in [0.717, 1.165) is 44.9 Å². The van der Waals surface area contributed by atoms with Crippen molar-refractivity contribution in [3.05, 3.63) is 0 Å². The molecule has 7 N–H and O–H groups in total. The van der Waals surface area contributed by atoms with Crippen molar-refractivity contribution >= 4 is 0 Å². The highest BCUT2D eigenvalue weighted by atomic mass is 16.7. The van der Waals surface area contributed by atoms with Crippen LogP contribution >= 0.6 is 0 Å². The summed E-state index contributed by atoms with van der Waals surface area (Å²) in [6, 6.07) is 0. The van der Waals surface area contributed by atoms with Crippen molar-refractivity contribution in [1.29, 1.82) is 0 Å². The van der Waals surface area contributed by atoms with Crippen LogP contribution in [0.4, 0.5) is 0 Å². The van der Waals surface area contributed by atoms with Crippen molar-refractivity contribution < 1.29 is 59.4 Å². The number of aliphatic hydroxyl groups is 7. The minimum Gasteiger partial charge on any atom is -0.394 e. The Hall–Kier alpha value is -0.480. The summed E-state index contributed by atoms with van der Waals surface area (Å²) < 4.78 is 29.4. The first-order valence-corrected chi connectivity index (χ1v) is 19.4. The van der Waals surface area contributed by atoms with E-state index in [1.807, 2.05) is 0 Å². The van der Waals surface area contributed by atoms with Gasteiger partial charge in [0, 0.05) is 7.11 Å². The quantitative estimate of drug-likeness (QED) is 0.155. The third kappa shape index (κ3) is 6.96. The van der Waals surface area contributed by atoms with Crippen molar-refractivity contribution in [3.8, 4) is 0 Å². The second-order valence-electron chi connectivity index (χ2n) is 17.8. The monoisotopic (exact) mass is 714 g/mol. The molecule has 4 aliphatic carbocycles. The van der Waals surface area contributed by atoms with Gasteiger partial charge in [0.1, 0.15) is 36.6 Å². The largest absolute Gasteiger partial charge is 0.394 e. The lowest BCUT2D eigenvalue weighted by molar-refractivity contribution is -0.296. The zero-order chi connectivity index (χ0) is 36.3. The number of fused-ring (bicyclic) bond motifs is 5. The Morgan fingerprint density at radius 3 is 2.16 bits per heavy atom. The molecule has 0 amide bonds. The second-order valence-corrected chi connectivity index (χ2v) is 17.8. The van der Waals surface area contributed by atoms with Crippen LogP contribution in [0.5, 0.6) is 0 Å². The van der Waals surface area contributed by atoms with Gasteiger partial charge in [-0.05, 0) is 110 Å². The van der Waals surface area contributed by atoms with Gasteiger partial charge in [0.15, 0.2) is 12.6 Å². The highest BCUT2D eigenvalue weighted by molar-refractivity contribution is 5.13. The first-order chi connectivity index (χ1) is 23.6. The molecule has 20 unspecified atom stereocenters. The van der Waals surface area contributed by atoms with Gasteiger partial charge in [-0.25, -0.2) is 0 Å². The minimum absolute atomic E-state index is 0.0174. The molecule has 0 spiro atoms. The topological polar surface area (TPSA) is 188 Å². The van der Waals surface area contributed by atoms with Crippen LogP contribution in [0.15, 0.2) is 0 Å². The summed E-state index contributed by atoms with van der Waals surface area (Å²) in [5, 5.41) is 74.3. The number of methoxy groups -OCH3 is 1. The first kappa shape index (κ1) is 39.2. The molecule has 6 aliphatic rings. The van der Waals surface area contributed by atoms with Crippen LogP contribution in [0.25, 0.3) is 0 Å². The summed E-state index contributed by atoms with van der Waals surface area (Å²) in [6.07, 6.45) is -1.58. The van der Waals surface area contributed by atoms with Gasteiger partial charge in [-0.2, -0.15) is 0 Å². The maximum atomic E-state index is 11.8. The van der Waals surface area contributed by atoms with Gasteiger partial charge in [-0.15, -0.1) is 0 Å². The van der Waals surface area contributed by atoms with E-state index in [2.05, 4.69) is 34.6 Å². The van der Waals surface area contributed by atoms with Crippen LogP contribution in [0.1, 0.15) is 92.4 Å². The van der Waals surface area contributed by atoms with E-state index in [0.29, 0.717) is 30.6 Å². The molecule has 12 nitrogen and oxygen atoms in total. The van der Waals surface area contributed by atoms with Crippen LogP contribution in [-0.4, -0.2) is 130 Å². The van der Waals surface area contributed by atoms with Crippen molar-refractivity contribution in [2.45, 2.75) is 166 Å². The Morgan fingerprint density at radius 1 is 0.780 bits per heavy atom. The smallest absolute Gasteiger partial charge is 0.186 e. The lowest BCUT2D eigenvalue weighted by Gasteiger charge is -2.62. The van der Waals surface area contributed by atoms with Crippen LogP contribution < -0.4 is 0 Å². The molecule has 290 valence electrons. The average molecular weight is 715 g/mol. The normalized spacial score (nSPS) is 52.0. The summed E-state index contributed by atoms with van der Waals surface area (Å²) >= 11 is 0. The van der Waals surface area contributed by atoms with E-state index in [4.69, 9.17) is 23.7 Å². The highest BCUT2D eigenvalue weighted by Crippen LogP contribution is 2.68. The van der Waals surface area contributed by atoms with E-state index in [1.54, 1.807) is 0 Å². The third-order valence-corrected chi connectivity index (χ3v) is 14.9. The van der Waals surface area contributed by atoms with Gasteiger partial charge in [0.05, 0.1) is 37.6 Å². The molecule has 12 heteroatoms. The van der Waals surface area contributed by atoms with Crippen LogP contribution in [0, 0.1) is 52.3 Å². The first-order valence-electron chi connectivity index (χ1n) is 19.4. The summed E-state index contributed by atoms with van der Waals surface area (Å²) in [5.41, 5.74) is -0.117. The SMILES string of the molecule is COC1C(OC2CCC3(C)C(C2)C(O)CC2C3CCC3(C)C(C(C)CCC(OC4OC(CO)C(O)C4O)C(C)C)CC(O)C23)OCC(O)C1O. The third-order valence-electron chi connectivity index (χ3n) is 14.9. The predicted octanol–water partition coefficient (Wildman–Crippen LogP) is 1.96. The maximum Gasteiger partial charge on any atom is 0.186 e. The Balaban J connectivity index is 1.09. The second kappa shape index (κ2) is 15.3. The summed E-state index contributed by atoms with van der Waals surface area (Å²) in [5.74, 6) is 1.64. The summed E-state index contributed by atoms with van der Waals surface area (Å²) in [6.45, 7) is 10.8. The van der Waals surface area contributed by atoms with E-state index in [-0.39, 0.29) is 59.9 Å². The fraction of sp³-hybridized carbons (Fsp3) is 1.00. The van der Waals surface area contributed by atoms with Crippen molar-refractivity contribution in [2.75, 3.05) is 20.3 Å². The Labute approximate surface area is 297 Å². The van der Waals surface area contributed by atoms with Gasteiger partial charge in [-0.1, -0.05) is 34.6 Å². The van der Waals surface area contributed by atoms with E-state index in [9.17, 15) is 35.7 Å². The van der Waals surface area contributed by atoms with E-state index >= 15 is 0 Å². The Bertz CT molecular complexity index is 1130. The van der Waals surface area contributed by atoms with Crippen molar-refractivity contribution in [1.82, 2.24) is 0 Å². The van der Waals surface area contributed by atoms with E-state index < -0.39 is 61.4 Å². The van der Waals surface area contributed by atoms with Crippen LogP contribution in [0.2, 0.25) is 0 Å². The fourth-order valence-electron chi connectivity index (χ4n) is 12.0. The molecule has 50 heavy (non-hydrogen) atoms. The zero-order valence-corrected chi connectivity index (χ0v) is 30.9. The molecule has 0 aromatic rings. The van der Waals surface area contributed by atoms with Crippen LogP contribution in [-0.2, 0) is 23.7 Å². The molecule has 0 radical (unpaired) electrons. The maximum absolute atomic E-state index is 11.8. The van der Waals surface area contributed by atoms with Gasteiger partial charge in [0.2, 0.25) is 0 Å². The molecule has 20 atom stereocenters. The molecule has 6 fully saturated rings. The van der Waals surface area contributed by atoms with Gasteiger partial charge in [-0.3, -0.25) is 0 Å².